The molecule has 0 unspecified atom stereocenters. The number of carbonyl (C=O) groups excluding carboxylic acids is 1. The summed E-state index contributed by atoms with van der Waals surface area (Å²) in [5.74, 6) is -0.785. The summed E-state index contributed by atoms with van der Waals surface area (Å²) < 4.78 is 45.7. The van der Waals surface area contributed by atoms with Gasteiger partial charge in [0.2, 0.25) is 0 Å². The van der Waals surface area contributed by atoms with Crippen molar-refractivity contribution in [3.63, 3.8) is 0 Å². The quantitative estimate of drug-likeness (QED) is 0.511. The summed E-state index contributed by atoms with van der Waals surface area (Å²) >= 11 is 0. The van der Waals surface area contributed by atoms with Gasteiger partial charge in [0.05, 0.1) is 5.69 Å². The summed E-state index contributed by atoms with van der Waals surface area (Å²) in [5, 5.41) is 0. The van der Waals surface area contributed by atoms with Gasteiger partial charge in [-0.1, -0.05) is 0 Å². The fourth-order valence-corrected chi connectivity index (χ4v) is 1.42. The molecule has 1 heterocycles. The number of nitrogen functional groups attached to an aromatic ring is 1. The van der Waals surface area contributed by atoms with Crippen molar-refractivity contribution in [2.45, 2.75) is 26.1 Å². The van der Waals surface area contributed by atoms with E-state index in [9.17, 15) is 18.0 Å². The Kier molecular flexibility index (Phi) is 4.82. The Balaban J connectivity index is 2.54. The molecule has 0 amide bonds. The Morgan fingerprint density at radius 3 is 2.63 bits per heavy atom. The van der Waals surface area contributed by atoms with Crippen molar-refractivity contribution in [2.24, 2.45) is 0 Å². The van der Waals surface area contributed by atoms with Gasteiger partial charge in [-0.25, -0.2) is 4.79 Å². The first kappa shape index (κ1) is 15.4. The first-order chi connectivity index (χ1) is 8.70. The van der Waals surface area contributed by atoms with Gasteiger partial charge in [-0.2, -0.15) is 13.2 Å². The molecule has 5 nitrogen and oxygen atoms in total. The van der Waals surface area contributed by atoms with Gasteiger partial charge in [0.25, 0.3) is 0 Å². The number of hydrogen-bond acceptors (Lipinski definition) is 4. The van der Waals surface area contributed by atoms with Gasteiger partial charge >= 0.3 is 12.1 Å². The summed E-state index contributed by atoms with van der Waals surface area (Å²) in [6, 6.07) is 1.36. The van der Waals surface area contributed by atoms with E-state index in [1.165, 1.54) is 6.07 Å². The SMILES string of the molecule is CC(C)n1cc(N)cc1C(=O)OCOCC(F)(F)F. The predicted octanol–water partition coefficient (Wildman–Crippen LogP) is 2.34. The number of hydrogen-bond donors (Lipinski definition) is 1. The number of ether oxygens (including phenoxy) is 2. The van der Waals surface area contributed by atoms with E-state index >= 15 is 0 Å². The predicted molar refractivity (Wildman–Crippen MR) is 61.5 cm³/mol. The molecule has 0 spiro atoms. The third-order valence-corrected chi connectivity index (χ3v) is 2.17. The Morgan fingerprint density at radius 1 is 1.47 bits per heavy atom. The highest BCUT2D eigenvalue weighted by Gasteiger charge is 2.27. The van der Waals surface area contributed by atoms with E-state index in [0.29, 0.717) is 5.69 Å². The van der Waals surface area contributed by atoms with Crippen LogP contribution in [0.5, 0.6) is 0 Å². The fourth-order valence-electron chi connectivity index (χ4n) is 1.42. The topological polar surface area (TPSA) is 66.5 Å². The van der Waals surface area contributed by atoms with Crippen molar-refractivity contribution in [3.8, 4) is 0 Å². The molecule has 0 aliphatic rings. The van der Waals surface area contributed by atoms with E-state index in [-0.39, 0.29) is 11.7 Å². The molecule has 0 radical (unpaired) electrons. The maximum atomic E-state index is 11.8. The molecule has 0 bridgehead atoms. The van der Waals surface area contributed by atoms with Gasteiger partial charge < -0.3 is 19.8 Å². The van der Waals surface area contributed by atoms with Crippen LogP contribution in [0.4, 0.5) is 18.9 Å². The van der Waals surface area contributed by atoms with E-state index in [1.54, 1.807) is 10.8 Å². The normalized spacial score (nSPS) is 11.9. The van der Waals surface area contributed by atoms with Crippen LogP contribution in [0, 0.1) is 0 Å². The van der Waals surface area contributed by atoms with Gasteiger partial charge in [-0.15, -0.1) is 0 Å². The number of rotatable bonds is 5. The van der Waals surface area contributed by atoms with Crippen molar-refractivity contribution in [3.05, 3.63) is 18.0 Å². The number of aromatic nitrogens is 1. The first-order valence-corrected chi connectivity index (χ1v) is 5.49. The maximum absolute atomic E-state index is 11.8. The van der Waals surface area contributed by atoms with Gasteiger partial charge in [0.1, 0.15) is 12.3 Å². The Morgan fingerprint density at radius 2 is 2.11 bits per heavy atom. The van der Waals surface area contributed by atoms with Crippen LogP contribution in [-0.4, -0.2) is 30.1 Å². The minimum absolute atomic E-state index is 0.0315. The fraction of sp³-hybridized carbons (Fsp3) is 0.545. The lowest BCUT2D eigenvalue weighted by atomic mass is 10.3. The highest BCUT2D eigenvalue weighted by molar-refractivity contribution is 5.89. The Bertz CT molecular complexity index is 441. The van der Waals surface area contributed by atoms with Crippen LogP contribution in [0.2, 0.25) is 0 Å². The lowest BCUT2D eigenvalue weighted by molar-refractivity contribution is -0.190. The number of carbonyl (C=O) groups is 1. The average molecular weight is 280 g/mol. The third-order valence-electron chi connectivity index (χ3n) is 2.17. The molecule has 0 aliphatic heterocycles. The minimum Gasteiger partial charge on any atom is -0.434 e. The van der Waals surface area contributed by atoms with Crippen LogP contribution in [0.25, 0.3) is 0 Å². The molecule has 0 saturated carbocycles. The lowest BCUT2D eigenvalue weighted by Crippen LogP contribution is -2.20. The smallest absolute Gasteiger partial charge is 0.411 e. The van der Waals surface area contributed by atoms with Gasteiger partial charge in [-0.3, -0.25) is 0 Å². The molecule has 0 aromatic carbocycles. The van der Waals surface area contributed by atoms with E-state index in [0.717, 1.165) is 0 Å². The molecule has 108 valence electrons. The van der Waals surface area contributed by atoms with Crippen LogP contribution in [0.3, 0.4) is 0 Å². The van der Waals surface area contributed by atoms with E-state index in [1.807, 2.05) is 13.8 Å². The van der Waals surface area contributed by atoms with Crippen LogP contribution in [0.15, 0.2) is 12.3 Å². The minimum atomic E-state index is -4.45. The number of alkyl halides is 3. The third kappa shape index (κ3) is 4.82. The second-order valence-corrected chi connectivity index (χ2v) is 4.17. The summed E-state index contributed by atoms with van der Waals surface area (Å²) in [7, 11) is 0. The highest BCUT2D eigenvalue weighted by Crippen LogP contribution is 2.18. The van der Waals surface area contributed by atoms with Gasteiger partial charge in [0, 0.05) is 12.2 Å². The van der Waals surface area contributed by atoms with Crippen molar-refractivity contribution >= 4 is 11.7 Å². The molecule has 19 heavy (non-hydrogen) atoms. The second-order valence-electron chi connectivity index (χ2n) is 4.17. The Hall–Kier alpha value is -1.70. The van der Waals surface area contributed by atoms with Crippen LogP contribution < -0.4 is 5.73 Å². The molecule has 0 atom stereocenters. The zero-order chi connectivity index (χ0) is 14.6. The summed E-state index contributed by atoms with van der Waals surface area (Å²) in [5.41, 5.74) is 6.10. The zero-order valence-corrected chi connectivity index (χ0v) is 10.5. The molecule has 1 rings (SSSR count). The maximum Gasteiger partial charge on any atom is 0.411 e. The summed E-state index contributed by atoms with van der Waals surface area (Å²) in [6.07, 6.45) is -2.90. The van der Waals surface area contributed by atoms with Crippen molar-refractivity contribution in [2.75, 3.05) is 19.1 Å². The van der Waals surface area contributed by atoms with Crippen LogP contribution >= 0.6 is 0 Å². The number of anilines is 1. The number of halogens is 3. The standard InChI is InChI=1S/C11H15F3N2O3/c1-7(2)16-4-8(15)3-9(16)10(17)19-6-18-5-11(12,13)14/h3-4,7H,5-6,15H2,1-2H3. The largest absolute Gasteiger partial charge is 0.434 e. The van der Waals surface area contributed by atoms with Gasteiger partial charge in [-0.05, 0) is 19.9 Å². The molecule has 0 fully saturated rings. The molecular weight excluding hydrogens is 265 g/mol. The van der Waals surface area contributed by atoms with Crippen molar-refractivity contribution in [1.82, 2.24) is 4.57 Å². The van der Waals surface area contributed by atoms with Crippen LogP contribution in [-0.2, 0) is 9.47 Å². The summed E-state index contributed by atoms with van der Waals surface area (Å²) in [4.78, 5) is 11.6. The second kappa shape index (κ2) is 5.96. The number of nitrogens with two attached hydrogens (primary N) is 1. The van der Waals surface area contributed by atoms with Crippen LogP contribution in [0.1, 0.15) is 30.4 Å². The van der Waals surface area contributed by atoms with Crippen molar-refractivity contribution < 1.29 is 27.4 Å². The van der Waals surface area contributed by atoms with Crippen molar-refractivity contribution in [1.29, 1.82) is 0 Å². The van der Waals surface area contributed by atoms with E-state index in [4.69, 9.17) is 5.73 Å². The summed E-state index contributed by atoms with van der Waals surface area (Å²) in [6.45, 7) is 1.43. The van der Waals surface area contributed by atoms with E-state index in [2.05, 4.69) is 9.47 Å². The number of esters is 1. The molecule has 1 aromatic heterocycles. The molecule has 1 aromatic rings. The Labute approximate surface area is 108 Å². The molecule has 0 saturated heterocycles. The number of nitrogens with zero attached hydrogens (tertiary/aromatic N) is 1. The monoisotopic (exact) mass is 280 g/mol. The molecule has 2 N–H and O–H groups in total. The molecule has 8 heteroatoms. The van der Waals surface area contributed by atoms with E-state index < -0.39 is 25.5 Å². The molecular formula is C11H15F3N2O3. The van der Waals surface area contributed by atoms with Gasteiger partial charge in [0.15, 0.2) is 6.79 Å². The highest BCUT2D eigenvalue weighted by atomic mass is 19.4. The zero-order valence-electron chi connectivity index (χ0n) is 10.5. The lowest BCUT2D eigenvalue weighted by Gasteiger charge is -2.12. The molecule has 0 aliphatic carbocycles. The first-order valence-electron chi connectivity index (χ1n) is 5.49. The average Bonchev–Trinajstić information content (AvgIpc) is 2.65.